The molecule has 2 nitrogen and oxygen atoms in total. The van der Waals surface area contributed by atoms with Crippen LogP contribution < -0.4 is 0 Å². The summed E-state index contributed by atoms with van der Waals surface area (Å²) in [4.78, 5) is 12.7. The molecule has 1 rings (SSSR count). The Balaban J connectivity index is 2.53. The highest BCUT2D eigenvalue weighted by atomic mass is 32.2. The molecule has 0 bridgehead atoms. The molecule has 0 spiro atoms. The fraction of sp³-hybridized carbons (Fsp3) is 0.462. The molecule has 0 fully saturated rings. The summed E-state index contributed by atoms with van der Waals surface area (Å²) in [7, 11) is 0. The van der Waals surface area contributed by atoms with Gasteiger partial charge in [-0.25, -0.2) is 4.79 Å². The highest BCUT2D eigenvalue weighted by Crippen LogP contribution is 2.19. The first-order valence-corrected chi connectivity index (χ1v) is 6.66. The molecule has 0 unspecified atom stereocenters. The van der Waals surface area contributed by atoms with Gasteiger partial charge in [-0.2, -0.15) is 0 Å². The zero-order valence-electron chi connectivity index (χ0n) is 9.86. The standard InChI is InChI=1S/C13H18O2S/c1-3-9-15-13(14)11-5-7-12(8-6-11)16-10-4-2/h5-8H,3-4,9-10H2,1-2H3. The Kier molecular flexibility index (Phi) is 6.01. The molecule has 0 aliphatic rings. The second-order valence-corrected chi connectivity index (χ2v) is 4.68. The van der Waals surface area contributed by atoms with E-state index in [-0.39, 0.29) is 5.97 Å². The summed E-state index contributed by atoms with van der Waals surface area (Å²) < 4.78 is 5.05. The first kappa shape index (κ1) is 13.1. The summed E-state index contributed by atoms with van der Waals surface area (Å²) >= 11 is 1.81. The fourth-order valence-electron chi connectivity index (χ4n) is 1.19. The zero-order valence-corrected chi connectivity index (χ0v) is 10.7. The maximum absolute atomic E-state index is 11.5. The van der Waals surface area contributed by atoms with Gasteiger partial charge < -0.3 is 4.74 Å². The van der Waals surface area contributed by atoms with Gasteiger partial charge in [0.15, 0.2) is 0 Å². The number of esters is 1. The SMILES string of the molecule is CCCOC(=O)c1ccc(SCCC)cc1. The van der Waals surface area contributed by atoms with E-state index >= 15 is 0 Å². The molecule has 0 heterocycles. The van der Waals surface area contributed by atoms with Crippen LogP contribution in [-0.4, -0.2) is 18.3 Å². The third-order valence-electron chi connectivity index (χ3n) is 2.00. The van der Waals surface area contributed by atoms with Gasteiger partial charge in [0, 0.05) is 4.90 Å². The quantitative estimate of drug-likeness (QED) is 0.557. The van der Waals surface area contributed by atoms with Crippen LogP contribution in [0.1, 0.15) is 37.0 Å². The number of hydrogen-bond donors (Lipinski definition) is 0. The third kappa shape index (κ3) is 4.27. The van der Waals surface area contributed by atoms with Crippen LogP contribution in [0.3, 0.4) is 0 Å². The number of thioether (sulfide) groups is 1. The number of ether oxygens (including phenoxy) is 1. The second kappa shape index (κ2) is 7.34. The van der Waals surface area contributed by atoms with E-state index in [1.54, 1.807) is 11.8 Å². The highest BCUT2D eigenvalue weighted by Gasteiger charge is 2.05. The molecular weight excluding hydrogens is 220 g/mol. The minimum absolute atomic E-state index is 0.228. The first-order chi connectivity index (χ1) is 7.77. The summed E-state index contributed by atoms with van der Waals surface area (Å²) in [5, 5.41) is 0. The lowest BCUT2D eigenvalue weighted by Gasteiger charge is -2.04. The van der Waals surface area contributed by atoms with E-state index in [1.807, 2.05) is 31.2 Å². The molecule has 0 saturated carbocycles. The maximum atomic E-state index is 11.5. The predicted octanol–water partition coefficient (Wildman–Crippen LogP) is 3.76. The molecule has 0 atom stereocenters. The van der Waals surface area contributed by atoms with Gasteiger partial charge >= 0.3 is 5.97 Å². The lowest BCUT2D eigenvalue weighted by molar-refractivity contribution is 0.0505. The Morgan fingerprint density at radius 3 is 2.44 bits per heavy atom. The zero-order chi connectivity index (χ0) is 11.8. The minimum Gasteiger partial charge on any atom is -0.462 e. The van der Waals surface area contributed by atoms with Crippen molar-refractivity contribution in [2.45, 2.75) is 31.6 Å². The number of carbonyl (C=O) groups is 1. The van der Waals surface area contributed by atoms with E-state index in [1.165, 1.54) is 4.90 Å². The van der Waals surface area contributed by atoms with Crippen molar-refractivity contribution in [3.8, 4) is 0 Å². The molecule has 0 aliphatic carbocycles. The van der Waals surface area contributed by atoms with E-state index in [0.717, 1.165) is 18.6 Å². The van der Waals surface area contributed by atoms with Gasteiger partial charge in [0.25, 0.3) is 0 Å². The monoisotopic (exact) mass is 238 g/mol. The molecule has 3 heteroatoms. The Hall–Kier alpha value is -0.960. The van der Waals surface area contributed by atoms with Crippen LogP contribution in [0.2, 0.25) is 0 Å². The first-order valence-electron chi connectivity index (χ1n) is 5.68. The van der Waals surface area contributed by atoms with E-state index in [0.29, 0.717) is 12.2 Å². The Bertz CT molecular complexity index is 319. The Labute approximate surface area is 101 Å². The molecular formula is C13H18O2S. The van der Waals surface area contributed by atoms with Crippen LogP contribution >= 0.6 is 11.8 Å². The van der Waals surface area contributed by atoms with E-state index < -0.39 is 0 Å². The summed E-state index contributed by atoms with van der Waals surface area (Å²) in [5.74, 6) is 0.883. The van der Waals surface area contributed by atoms with E-state index in [4.69, 9.17) is 4.74 Å². The van der Waals surface area contributed by atoms with Crippen molar-refractivity contribution < 1.29 is 9.53 Å². The lowest BCUT2D eigenvalue weighted by Crippen LogP contribution is -2.05. The van der Waals surface area contributed by atoms with Crippen molar-refractivity contribution in [1.82, 2.24) is 0 Å². The molecule has 1 aromatic rings. The molecule has 0 saturated heterocycles. The normalized spacial score (nSPS) is 10.1. The van der Waals surface area contributed by atoms with Crippen LogP contribution in [0.25, 0.3) is 0 Å². The lowest BCUT2D eigenvalue weighted by atomic mass is 10.2. The molecule has 0 N–H and O–H groups in total. The van der Waals surface area contributed by atoms with Crippen molar-refractivity contribution in [2.24, 2.45) is 0 Å². The smallest absolute Gasteiger partial charge is 0.338 e. The predicted molar refractivity (Wildman–Crippen MR) is 68.0 cm³/mol. The van der Waals surface area contributed by atoms with Crippen LogP contribution in [0.4, 0.5) is 0 Å². The topological polar surface area (TPSA) is 26.3 Å². The van der Waals surface area contributed by atoms with Crippen LogP contribution in [0.5, 0.6) is 0 Å². The summed E-state index contributed by atoms with van der Waals surface area (Å²) in [6.07, 6.45) is 2.02. The van der Waals surface area contributed by atoms with Gasteiger partial charge in [-0.05, 0) is 42.9 Å². The fourth-order valence-corrected chi connectivity index (χ4v) is 1.95. The average Bonchev–Trinajstić information content (AvgIpc) is 2.34. The highest BCUT2D eigenvalue weighted by molar-refractivity contribution is 7.99. The van der Waals surface area contributed by atoms with Gasteiger partial charge in [-0.1, -0.05) is 13.8 Å². The van der Waals surface area contributed by atoms with Crippen molar-refractivity contribution >= 4 is 17.7 Å². The Morgan fingerprint density at radius 2 is 1.88 bits per heavy atom. The van der Waals surface area contributed by atoms with Crippen LogP contribution in [0.15, 0.2) is 29.2 Å². The third-order valence-corrected chi connectivity index (χ3v) is 3.22. The molecule has 16 heavy (non-hydrogen) atoms. The minimum atomic E-state index is -0.228. The van der Waals surface area contributed by atoms with Crippen molar-refractivity contribution in [3.05, 3.63) is 29.8 Å². The second-order valence-electron chi connectivity index (χ2n) is 3.51. The average molecular weight is 238 g/mol. The molecule has 88 valence electrons. The molecule has 0 amide bonds. The van der Waals surface area contributed by atoms with Gasteiger partial charge in [0.1, 0.15) is 0 Å². The summed E-state index contributed by atoms with van der Waals surface area (Å²) in [6.45, 7) is 4.63. The maximum Gasteiger partial charge on any atom is 0.338 e. The number of hydrogen-bond acceptors (Lipinski definition) is 3. The molecule has 1 aromatic carbocycles. The van der Waals surface area contributed by atoms with Gasteiger partial charge in [-0.3, -0.25) is 0 Å². The van der Waals surface area contributed by atoms with E-state index in [2.05, 4.69) is 6.92 Å². The van der Waals surface area contributed by atoms with Gasteiger partial charge in [0.05, 0.1) is 12.2 Å². The number of rotatable bonds is 6. The number of carbonyl (C=O) groups excluding carboxylic acids is 1. The van der Waals surface area contributed by atoms with Gasteiger partial charge in [0.2, 0.25) is 0 Å². The molecule has 0 radical (unpaired) electrons. The van der Waals surface area contributed by atoms with Crippen LogP contribution in [0, 0.1) is 0 Å². The van der Waals surface area contributed by atoms with E-state index in [9.17, 15) is 4.79 Å². The van der Waals surface area contributed by atoms with Crippen LogP contribution in [-0.2, 0) is 4.74 Å². The number of benzene rings is 1. The van der Waals surface area contributed by atoms with Gasteiger partial charge in [-0.15, -0.1) is 11.8 Å². The molecule has 0 aromatic heterocycles. The Morgan fingerprint density at radius 1 is 1.19 bits per heavy atom. The van der Waals surface area contributed by atoms with Crippen molar-refractivity contribution in [1.29, 1.82) is 0 Å². The molecule has 0 aliphatic heterocycles. The summed E-state index contributed by atoms with van der Waals surface area (Å²) in [6, 6.07) is 7.61. The largest absolute Gasteiger partial charge is 0.462 e. The van der Waals surface area contributed by atoms with Crippen molar-refractivity contribution in [2.75, 3.05) is 12.4 Å². The van der Waals surface area contributed by atoms with Crippen molar-refractivity contribution in [3.63, 3.8) is 0 Å². The summed E-state index contributed by atoms with van der Waals surface area (Å²) in [5.41, 5.74) is 0.634.